The fourth-order valence-corrected chi connectivity index (χ4v) is 4.40. The van der Waals surface area contributed by atoms with Gasteiger partial charge in [0.15, 0.2) is 0 Å². The molecule has 2 fully saturated rings. The molecule has 0 unspecified atom stereocenters. The van der Waals surface area contributed by atoms with Crippen LogP contribution in [0.5, 0.6) is 0 Å². The van der Waals surface area contributed by atoms with Crippen LogP contribution in [0.25, 0.3) is 0 Å². The molecule has 0 aromatic carbocycles. The second-order valence-electron chi connectivity index (χ2n) is 8.15. The van der Waals surface area contributed by atoms with Crippen molar-refractivity contribution in [1.82, 2.24) is 19.9 Å². The van der Waals surface area contributed by atoms with Crippen molar-refractivity contribution in [2.24, 2.45) is 5.41 Å². The average molecular weight is 382 g/mol. The number of hydrogen-bond donors (Lipinski definition) is 0. The molecule has 4 heterocycles. The number of nitrogens with zero attached hydrogens (tertiary/aromatic N) is 4. The lowest BCUT2D eigenvalue weighted by Gasteiger charge is -2.39. The van der Waals surface area contributed by atoms with Crippen molar-refractivity contribution in [3.63, 3.8) is 0 Å². The molecule has 148 valence electrons. The van der Waals surface area contributed by atoms with E-state index in [-0.39, 0.29) is 17.2 Å². The highest BCUT2D eigenvalue weighted by molar-refractivity contribution is 5.80. The van der Waals surface area contributed by atoms with Crippen LogP contribution in [-0.2, 0) is 22.6 Å². The maximum Gasteiger partial charge on any atom is 0.227 e. The molecule has 2 amide bonds. The molecule has 7 nitrogen and oxygen atoms in total. The van der Waals surface area contributed by atoms with Crippen molar-refractivity contribution in [1.29, 1.82) is 0 Å². The maximum absolute atomic E-state index is 12.6. The third kappa shape index (κ3) is 3.66. The van der Waals surface area contributed by atoms with Gasteiger partial charge < -0.3 is 14.3 Å². The second-order valence-corrected chi connectivity index (χ2v) is 8.15. The fraction of sp³-hybridized carbons (Fsp3) is 0.524. The summed E-state index contributed by atoms with van der Waals surface area (Å²) in [5.41, 5.74) is 2.78. The zero-order valence-electron chi connectivity index (χ0n) is 16.5. The number of carbonyl (C=O) groups excluding carboxylic acids is 2. The van der Waals surface area contributed by atoms with Crippen LogP contribution in [0.1, 0.15) is 41.8 Å². The largest absolute Gasteiger partial charge is 0.361 e. The van der Waals surface area contributed by atoms with E-state index in [0.29, 0.717) is 32.5 Å². The van der Waals surface area contributed by atoms with E-state index in [1.165, 1.54) is 0 Å². The van der Waals surface area contributed by atoms with Gasteiger partial charge in [-0.15, -0.1) is 0 Å². The summed E-state index contributed by atoms with van der Waals surface area (Å²) in [6.45, 7) is 6.54. The molecule has 2 saturated heterocycles. The van der Waals surface area contributed by atoms with Gasteiger partial charge in [-0.25, -0.2) is 0 Å². The Hall–Kier alpha value is -2.70. The van der Waals surface area contributed by atoms with E-state index in [1.54, 1.807) is 12.4 Å². The van der Waals surface area contributed by atoms with Crippen molar-refractivity contribution in [2.45, 2.75) is 46.1 Å². The number of pyridine rings is 1. The summed E-state index contributed by atoms with van der Waals surface area (Å²) >= 11 is 0. The van der Waals surface area contributed by atoms with Crippen LogP contribution in [-0.4, -0.2) is 51.4 Å². The van der Waals surface area contributed by atoms with E-state index < -0.39 is 0 Å². The third-order valence-corrected chi connectivity index (χ3v) is 6.19. The summed E-state index contributed by atoms with van der Waals surface area (Å²) < 4.78 is 5.23. The van der Waals surface area contributed by atoms with Gasteiger partial charge in [-0.2, -0.15) is 0 Å². The molecule has 2 aliphatic rings. The maximum atomic E-state index is 12.6. The molecule has 2 aromatic rings. The van der Waals surface area contributed by atoms with Gasteiger partial charge in [0.2, 0.25) is 11.8 Å². The lowest BCUT2D eigenvalue weighted by atomic mass is 9.77. The average Bonchev–Trinajstić information content (AvgIpc) is 3.16. The SMILES string of the molecule is Cc1noc(C)c1CN1CC2(CCN(C(=O)Cc3cccnc3)CC2)CC1=O. The minimum absolute atomic E-state index is 0.0128. The Kier molecular flexibility index (Phi) is 4.91. The van der Waals surface area contributed by atoms with Crippen molar-refractivity contribution < 1.29 is 14.1 Å². The van der Waals surface area contributed by atoms with Gasteiger partial charge in [0.25, 0.3) is 0 Å². The first-order valence-electron chi connectivity index (χ1n) is 9.82. The van der Waals surface area contributed by atoms with Crippen LogP contribution in [0.4, 0.5) is 0 Å². The van der Waals surface area contributed by atoms with Crippen molar-refractivity contribution in [3.05, 3.63) is 47.1 Å². The van der Waals surface area contributed by atoms with Gasteiger partial charge in [-0.3, -0.25) is 14.6 Å². The number of amides is 2. The number of carbonyl (C=O) groups is 2. The van der Waals surface area contributed by atoms with Crippen LogP contribution < -0.4 is 0 Å². The summed E-state index contributed by atoms with van der Waals surface area (Å²) in [5, 5.41) is 3.99. The standard InChI is InChI=1S/C21H26N4O3/c1-15-18(16(2)28-23-15)13-25-14-21(11-20(25)27)5-8-24(9-6-21)19(26)10-17-4-3-7-22-12-17/h3-4,7,12H,5-6,8-11,13-14H2,1-2H3. The minimum Gasteiger partial charge on any atom is -0.361 e. The van der Waals surface area contributed by atoms with Crippen molar-refractivity contribution >= 4 is 11.8 Å². The first kappa shape index (κ1) is 18.7. The van der Waals surface area contributed by atoms with E-state index in [0.717, 1.165) is 42.0 Å². The fourth-order valence-electron chi connectivity index (χ4n) is 4.40. The molecule has 2 aliphatic heterocycles. The minimum atomic E-state index is -0.0128. The summed E-state index contributed by atoms with van der Waals surface area (Å²) in [5.74, 6) is 1.11. The molecule has 2 aromatic heterocycles. The summed E-state index contributed by atoms with van der Waals surface area (Å²) in [6, 6.07) is 3.78. The Morgan fingerprint density at radius 1 is 1.29 bits per heavy atom. The van der Waals surface area contributed by atoms with Gasteiger partial charge >= 0.3 is 0 Å². The highest BCUT2D eigenvalue weighted by atomic mass is 16.5. The smallest absolute Gasteiger partial charge is 0.227 e. The van der Waals surface area contributed by atoms with Crippen molar-refractivity contribution in [2.75, 3.05) is 19.6 Å². The quantitative estimate of drug-likeness (QED) is 0.810. The van der Waals surface area contributed by atoms with Gasteiger partial charge in [-0.1, -0.05) is 11.2 Å². The predicted octanol–water partition coefficient (Wildman–Crippen LogP) is 2.27. The lowest BCUT2D eigenvalue weighted by molar-refractivity contribution is -0.132. The zero-order valence-corrected chi connectivity index (χ0v) is 16.5. The molecule has 0 N–H and O–H groups in total. The third-order valence-electron chi connectivity index (χ3n) is 6.19. The Morgan fingerprint density at radius 2 is 2.07 bits per heavy atom. The Labute approximate surface area is 164 Å². The monoisotopic (exact) mass is 382 g/mol. The molecule has 28 heavy (non-hydrogen) atoms. The van der Waals surface area contributed by atoms with Gasteiger partial charge in [0, 0.05) is 49.4 Å². The molecule has 7 heteroatoms. The topological polar surface area (TPSA) is 79.5 Å². The number of aryl methyl sites for hydroxylation is 2. The lowest BCUT2D eigenvalue weighted by Crippen LogP contribution is -2.44. The summed E-state index contributed by atoms with van der Waals surface area (Å²) in [7, 11) is 0. The van der Waals surface area contributed by atoms with Crippen LogP contribution in [0.15, 0.2) is 29.0 Å². The predicted molar refractivity (Wildman–Crippen MR) is 102 cm³/mol. The Bertz CT molecular complexity index is 850. The molecule has 0 atom stereocenters. The highest BCUT2D eigenvalue weighted by Crippen LogP contribution is 2.41. The van der Waals surface area contributed by atoms with E-state index in [1.807, 2.05) is 35.8 Å². The second kappa shape index (κ2) is 7.37. The van der Waals surface area contributed by atoms with Crippen LogP contribution >= 0.6 is 0 Å². The number of piperidine rings is 1. The van der Waals surface area contributed by atoms with E-state index in [4.69, 9.17) is 4.52 Å². The van der Waals surface area contributed by atoms with E-state index in [2.05, 4.69) is 10.1 Å². The molecule has 0 radical (unpaired) electrons. The van der Waals surface area contributed by atoms with E-state index in [9.17, 15) is 9.59 Å². The van der Waals surface area contributed by atoms with Gasteiger partial charge in [0.05, 0.1) is 18.7 Å². The van der Waals surface area contributed by atoms with Crippen LogP contribution in [0.2, 0.25) is 0 Å². The molecule has 1 spiro atoms. The first-order valence-corrected chi connectivity index (χ1v) is 9.82. The molecular weight excluding hydrogens is 356 g/mol. The number of rotatable bonds is 4. The number of aromatic nitrogens is 2. The summed E-state index contributed by atoms with van der Waals surface area (Å²) in [4.78, 5) is 33.2. The molecule has 0 bridgehead atoms. The molecule has 0 aliphatic carbocycles. The van der Waals surface area contributed by atoms with E-state index >= 15 is 0 Å². The number of hydrogen-bond acceptors (Lipinski definition) is 5. The van der Waals surface area contributed by atoms with Crippen molar-refractivity contribution in [3.8, 4) is 0 Å². The Balaban J connectivity index is 1.35. The highest BCUT2D eigenvalue weighted by Gasteiger charge is 2.45. The van der Waals surface area contributed by atoms with Gasteiger partial charge in [0.1, 0.15) is 5.76 Å². The molecule has 0 saturated carbocycles. The summed E-state index contributed by atoms with van der Waals surface area (Å²) in [6.07, 6.45) is 6.15. The number of likely N-dealkylation sites (tertiary alicyclic amines) is 2. The zero-order chi connectivity index (χ0) is 19.7. The normalized spacial score (nSPS) is 18.9. The molecule has 4 rings (SSSR count). The molecular formula is C21H26N4O3. The van der Waals surface area contributed by atoms with Crippen LogP contribution in [0, 0.1) is 19.3 Å². The Morgan fingerprint density at radius 3 is 2.71 bits per heavy atom. The van der Waals surface area contributed by atoms with Gasteiger partial charge in [-0.05, 0) is 38.3 Å². The first-order chi connectivity index (χ1) is 13.5. The van der Waals surface area contributed by atoms with Crippen LogP contribution in [0.3, 0.4) is 0 Å².